The smallest absolute Gasteiger partial charge is 0.254 e. The van der Waals surface area contributed by atoms with Crippen LogP contribution in [0.1, 0.15) is 38.1 Å². The predicted octanol–water partition coefficient (Wildman–Crippen LogP) is 2.08. The van der Waals surface area contributed by atoms with E-state index >= 15 is 0 Å². The number of ether oxygens (including phenoxy) is 2. The van der Waals surface area contributed by atoms with Gasteiger partial charge in [-0.25, -0.2) is 0 Å². The summed E-state index contributed by atoms with van der Waals surface area (Å²) >= 11 is 0. The number of benzene rings is 1. The molecular formula is C17H26N2O4. The summed E-state index contributed by atoms with van der Waals surface area (Å²) in [4.78, 5) is 25.9. The first-order valence-electron chi connectivity index (χ1n) is 7.82. The standard InChI is InChI=1S/C17H26N2O4/c1-6-19(11-16(20)18-12(3)4)17(21)13-8-9-14(23-7-2)15(10-13)22-5/h8-10,12H,6-7,11H2,1-5H3,(H,18,20). The molecule has 0 aliphatic rings. The van der Waals surface area contributed by atoms with Crippen LogP contribution in [-0.2, 0) is 4.79 Å². The molecule has 0 spiro atoms. The van der Waals surface area contributed by atoms with Crippen LogP contribution in [0, 0.1) is 0 Å². The molecule has 0 aromatic heterocycles. The van der Waals surface area contributed by atoms with E-state index in [0.29, 0.717) is 30.2 Å². The molecule has 0 saturated heterocycles. The Morgan fingerprint density at radius 2 is 1.91 bits per heavy atom. The van der Waals surface area contributed by atoms with Crippen molar-refractivity contribution in [3.8, 4) is 11.5 Å². The number of rotatable bonds is 8. The Balaban J connectivity index is 2.90. The van der Waals surface area contributed by atoms with Crippen LogP contribution in [0.2, 0.25) is 0 Å². The number of methoxy groups -OCH3 is 1. The normalized spacial score (nSPS) is 10.3. The van der Waals surface area contributed by atoms with Gasteiger partial charge < -0.3 is 19.7 Å². The molecule has 0 saturated carbocycles. The van der Waals surface area contributed by atoms with Crippen molar-refractivity contribution >= 4 is 11.8 Å². The molecule has 0 unspecified atom stereocenters. The quantitative estimate of drug-likeness (QED) is 0.796. The maximum absolute atomic E-state index is 12.6. The molecule has 6 heteroatoms. The first-order chi connectivity index (χ1) is 10.9. The Kier molecular flexibility index (Phi) is 7.38. The first kappa shape index (κ1) is 18.8. The zero-order valence-electron chi connectivity index (χ0n) is 14.5. The number of amides is 2. The van der Waals surface area contributed by atoms with Gasteiger partial charge in [0.05, 0.1) is 20.3 Å². The van der Waals surface area contributed by atoms with Gasteiger partial charge in [0, 0.05) is 18.2 Å². The van der Waals surface area contributed by atoms with E-state index in [-0.39, 0.29) is 24.4 Å². The van der Waals surface area contributed by atoms with Crippen LogP contribution < -0.4 is 14.8 Å². The van der Waals surface area contributed by atoms with Crippen molar-refractivity contribution in [2.75, 3.05) is 26.8 Å². The Labute approximate surface area is 137 Å². The average Bonchev–Trinajstić information content (AvgIpc) is 2.51. The summed E-state index contributed by atoms with van der Waals surface area (Å²) in [7, 11) is 1.53. The molecule has 1 N–H and O–H groups in total. The number of hydrogen-bond donors (Lipinski definition) is 1. The van der Waals surface area contributed by atoms with E-state index in [1.165, 1.54) is 12.0 Å². The van der Waals surface area contributed by atoms with Crippen molar-refractivity contribution in [1.82, 2.24) is 10.2 Å². The van der Waals surface area contributed by atoms with Crippen LogP contribution in [0.15, 0.2) is 18.2 Å². The van der Waals surface area contributed by atoms with Gasteiger partial charge in [0.1, 0.15) is 0 Å². The third-order valence-corrected chi connectivity index (χ3v) is 3.16. The molecule has 0 atom stereocenters. The summed E-state index contributed by atoms with van der Waals surface area (Å²) in [5.74, 6) is 0.702. The molecule has 2 amide bonds. The number of likely N-dealkylation sites (N-methyl/N-ethyl adjacent to an activating group) is 1. The minimum Gasteiger partial charge on any atom is -0.493 e. The van der Waals surface area contributed by atoms with Gasteiger partial charge in [0.15, 0.2) is 11.5 Å². The fourth-order valence-corrected chi connectivity index (χ4v) is 2.13. The third kappa shape index (κ3) is 5.47. The van der Waals surface area contributed by atoms with Crippen LogP contribution in [0.4, 0.5) is 0 Å². The van der Waals surface area contributed by atoms with Crippen molar-refractivity contribution in [3.05, 3.63) is 23.8 Å². The maximum Gasteiger partial charge on any atom is 0.254 e. The summed E-state index contributed by atoms with van der Waals surface area (Å²) in [6, 6.07) is 5.06. The van der Waals surface area contributed by atoms with E-state index in [1.807, 2.05) is 27.7 Å². The highest BCUT2D eigenvalue weighted by Crippen LogP contribution is 2.28. The highest BCUT2D eigenvalue weighted by Gasteiger charge is 2.19. The van der Waals surface area contributed by atoms with E-state index in [0.717, 1.165) is 0 Å². The Morgan fingerprint density at radius 3 is 2.43 bits per heavy atom. The van der Waals surface area contributed by atoms with Crippen LogP contribution in [0.25, 0.3) is 0 Å². The van der Waals surface area contributed by atoms with Crippen molar-refractivity contribution in [2.24, 2.45) is 0 Å². The lowest BCUT2D eigenvalue weighted by Gasteiger charge is -2.21. The van der Waals surface area contributed by atoms with Gasteiger partial charge in [-0.05, 0) is 45.9 Å². The maximum atomic E-state index is 12.6. The number of nitrogens with zero attached hydrogens (tertiary/aromatic N) is 1. The van der Waals surface area contributed by atoms with E-state index < -0.39 is 0 Å². The van der Waals surface area contributed by atoms with E-state index in [4.69, 9.17) is 9.47 Å². The highest BCUT2D eigenvalue weighted by molar-refractivity contribution is 5.97. The van der Waals surface area contributed by atoms with Gasteiger partial charge in [0.25, 0.3) is 5.91 Å². The zero-order valence-corrected chi connectivity index (χ0v) is 14.5. The average molecular weight is 322 g/mol. The SMILES string of the molecule is CCOc1ccc(C(=O)N(CC)CC(=O)NC(C)C)cc1OC. The molecule has 0 aliphatic carbocycles. The zero-order chi connectivity index (χ0) is 17.4. The Bertz CT molecular complexity index is 543. The molecule has 0 radical (unpaired) electrons. The topological polar surface area (TPSA) is 67.9 Å². The van der Waals surface area contributed by atoms with Crippen molar-refractivity contribution in [3.63, 3.8) is 0 Å². The molecule has 0 heterocycles. The second-order valence-corrected chi connectivity index (χ2v) is 5.34. The van der Waals surface area contributed by atoms with Gasteiger partial charge in [-0.15, -0.1) is 0 Å². The fourth-order valence-electron chi connectivity index (χ4n) is 2.13. The van der Waals surface area contributed by atoms with Crippen molar-refractivity contribution in [2.45, 2.75) is 33.7 Å². The monoisotopic (exact) mass is 322 g/mol. The molecule has 1 aromatic rings. The molecule has 1 rings (SSSR count). The molecule has 1 aromatic carbocycles. The molecule has 0 bridgehead atoms. The van der Waals surface area contributed by atoms with E-state index in [1.54, 1.807) is 18.2 Å². The van der Waals surface area contributed by atoms with Gasteiger partial charge in [-0.1, -0.05) is 0 Å². The fraction of sp³-hybridized carbons (Fsp3) is 0.529. The highest BCUT2D eigenvalue weighted by atomic mass is 16.5. The second-order valence-electron chi connectivity index (χ2n) is 5.34. The summed E-state index contributed by atoms with van der Waals surface area (Å²) in [5.41, 5.74) is 0.463. The number of carbonyl (C=O) groups excluding carboxylic acids is 2. The molecule has 128 valence electrons. The lowest BCUT2D eigenvalue weighted by molar-refractivity contribution is -0.122. The van der Waals surface area contributed by atoms with Crippen molar-refractivity contribution in [1.29, 1.82) is 0 Å². The van der Waals surface area contributed by atoms with Gasteiger partial charge >= 0.3 is 0 Å². The van der Waals surface area contributed by atoms with Crippen LogP contribution in [0.3, 0.4) is 0 Å². The lowest BCUT2D eigenvalue weighted by atomic mass is 10.1. The third-order valence-electron chi connectivity index (χ3n) is 3.16. The van der Waals surface area contributed by atoms with Gasteiger partial charge in [0.2, 0.25) is 5.91 Å². The molecule has 0 fully saturated rings. The molecule has 23 heavy (non-hydrogen) atoms. The molecular weight excluding hydrogens is 296 g/mol. The molecule has 0 aliphatic heterocycles. The van der Waals surface area contributed by atoms with Gasteiger partial charge in [-0.3, -0.25) is 9.59 Å². The minimum absolute atomic E-state index is 0.0308. The minimum atomic E-state index is -0.215. The largest absolute Gasteiger partial charge is 0.493 e. The summed E-state index contributed by atoms with van der Waals surface area (Å²) in [5, 5.41) is 2.78. The molecule has 6 nitrogen and oxygen atoms in total. The summed E-state index contributed by atoms with van der Waals surface area (Å²) in [6.07, 6.45) is 0. The van der Waals surface area contributed by atoms with Gasteiger partial charge in [-0.2, -0.15) is 0 Å². The van der Waals surface area contributed by atoms with Crippen LogP contribution in [-0.4, -0.2) is 49.6 Å². The second kappa shape index (κ2) is 9.02. The predicted molar refractivity (Wildman–Crippen MR) is 89.0 cm³/mol. The lowest BCUT2D eigenvalue weighted by Crippen LogP contribution is -2.42. The van der Waals surface area contributed by atoms with Crippen LogP contribution >= 0.6 is 0 Å². The number of hydrogen-bond acceptors (Lipinski definition) is 4. The van der Waals surface area contributed by atoms with E-state index in [9.17, 15) is 9.59 Å². The number of carbonyl (C=O) groups is 2. The van der Waals surface area contributed by atoms with Crippen molar-refractivity contribution < 1.29 is 19.1 Å². The Morgan fingerprint density at radius 1 is 1.22 bits per heavy atom. The first-order valence-corrected chi connectivity index (χ1v) is 7.82. The summed E-state index contributed by atoms with van der Waals surface area (Å²) < 4.78 is 10.7. The summed E-state index contributed by atoms with van der Waals surface area (Å²) in [6.45, 7) is 8.47. The Hall–Kier alpha value is -2.24. The van der Waals surface area contributed by atoms with Crippen LogP contribution in [0.5, 0.6) is 11.5 Å². The van der Waals surface area contributed by atoms with E-state index in [2.05, 4.69) is 5.32 Å². The number of nitrogens with one attached hydrogen (secondary N) is 1.